The third kappa shape index (κ3) is 2.46. The van der Waals surface area contributed by atoms with E-state index in [1.54, 1.807) is 6.20 Å². The van der Waals surface area contributed by atoms with Crippen molar-refractivity contribution in [3.05, 3.63) is 12.3 Å². The summed E-state index contributed by atoms with van der Waals surface area (Å²) in [5, 5.41) is 2.91. The summed E-state index contributed by atoms with van der Waals surface area (Å²) < 4.78 is 22.0. The van der Waals surface area contributed by atoms with E-state index >= 15 is 0 Å². The van der Waals surface area contributed by atoms with E-state index in [9.17, 15) is 8.42 Å². The Morgan fingerprint density at radius 2 is 2.36 bits per heavy atom. The van der Waals surface area contributed by atoms with Gasteiger partial charge in [0, 0.05) is 16.1 Å². The summed E-state index contributed by atoms with van der Waals surface area (Å²) in [5.41, 5.74) is 0. The van der Waals surface area contributed by atoms with Crippen molar-refractivity contribution in [2.24, 2.45) is 0 Å². The molecule has 1 aliphatic rings. The molecular formula is C5H9BrN2O2S. The lowest BCUT2D eigenvalue weighted by Crippen LogP contribution is -2.38. The maximum atomic E-state index is 10.5. The zero-order valence-electron chi connectivity index (χ0n) is 5.74. The molecule has 0 aromatic heterocycles. The van der Waals surface area contributed by atoms with Crippen molar-refractivity contribution in [2.75, 3.05) is 0 Å². The van der Waals surface area contributed by atoms with Crippen molar-refractivity contribution in [1.29, 1.82) is 0 Å². The highest BCUT2D eigenvalue weighted by Crippen LogP contribution is 2.12. The van der Waals surface area contributed by atoms with E-state index in [4.69, 9.17) is 0 Å². The predicted molar refractivity (Wildman–Crippen MR) is 46.4 cm³/mol. The van der Waals surface area contributed by atoms with Crippen LogP contribution in [0.3, 0.4) is 0 Å². The second kappa shape index (κ2) is 4.08. The summed E-state index contributed by atoms with van der Waals surface area (Å²) in [6.07, 6.45) is 5.30. The largest absolute Gasteiger partial charge is 0.374 e. The van der Waals surface area contributed by atoms with E-state index in [-0.39, 0.29) is 6.17 Å². The summed E-state index contributed by atoms with van der Waals surface area (Å²) >= 11 is 2.94. The molecule has 1 rings (SSSR count). The molecule has 0 saturated heterocycles. The number of hydrogen-bond acceptors (Lipinski definition) is 3. The molecule has 0 bridgehead atoms. The predicted octanol–water partition coefficient (Wildman–Crippen LogP) is 0.348. The molecule has 4 nitrogen and oxygen atoms in total. The molecule has 0 saturated carbocycles. The normalized spacial score (nSPS) is 24.1. The second-order valence-corrected chi connectivity index (χ2v) is 4.41. The molecule has 0 fully saturated rings. The molecule has 1 atom stereocenters. The first kappa shape index (κ1) is 9.02. The Labute approximate surface area is 75.7 Å². The topological polar surface area (TPSA) is 49.4 Å². The van der Waals surface area contributed by atoms with Gasteiger partial charge in [0.1, 0.15) is 6.17 Å². The van der Waals surface area contributed by atoms with Crippen molar-refractivity contribution < 1.29 is 8.42 Å². The van der Waals surface area contributed by atoms with Gasteiger partial charge < -0.3 is 5.32 Å². The van der Waals surface area contributed by atoms with Crippen LogP contribution in [0.5, 0.6) is 0 Å². The second-order valence-electron chi connectivity index (χ2n) is 2.19. The summed E-state index contributed by atoms with van der Waals surface area (Å²) in [6, 6.07) is 0. The van der Waals surface area contributed by atoms with Crippen LogP contribution in [-0.2, 0) is 10.9 Å². The Morgan fingerprint density at radius 1 is 1.64 bits per heavy atom. The highest BCUT2D eigenvalue weighted by atomic mass is 79.9. The average Bonchev–Trinajstić information content (AvgIpc) is 2.05. The first-order valence-electron chi connectivity index (χ1n) is 3.22. The van der Waals surface area contributed by atoms with Crippen LogP contribution in [0.4, 0.5) is 0 Å². The molecule has 1 N–H and O–H groups in total. The molecule has 0 aromatic rings. The summed E-state index contributed by atoms with van der Waals surface area (Å²) in [4.78, 5) is 0. The smallest absolute Gasteiger partial charge is 0.215 e. The molecule has 1 aliphatic heterocycles. The van der Waals surface area contributed by atoms with Crippen molar-refractivity contribution in [2.45, 2.75) is 19.0 Å². The molecule has 0 aromatic carbocycles. The molecule has 1 heterocycles. The molecule has 64 valence electrons. The Bertz CT molecular complexity index is 221. The van der Waals surface area contributed by atoms with Gasteiger partial charge in [0.15, 0.2) is 0 Å². The molecule has 0 radical (unpaired) electrons. The van der Waals surface area contributed by atoms with E-state index in [1.165, 1.54) is 0 Å². The highest BCUT2D eigenvalue weighted by Gasteiger charge is 2.17. The molecule has 0 aliphatic carbocycles. The third-order valence-electron chi connectivity index (χ3n) is 1.43. The third-order valence-corrected chi connectivity index (χ3v) is 3.29. The highest BCUT2D eigenvalue weighted by molar-refractivity contribution is 9.08. The lowest BCUT2D eigenvalue weighted by molar-refractivity contribution is 0.408. The molecule has 11 heavy (non-hydrogen) atoms. The van der Waals surface area contributed by atoms with E-state index in [2.05, 4.69) is 21.5 Å². The minimum absolute atomic E-state index is 0.138. The fourth-order valence-corrected chi connectivity index (χ4v) is 1.61. The number of thiol groups is 1. The minimum Gasteiger partial charge on any atom is -0.374 e. The molecule has 1 unspecified atom stereocenters. The number of halogens is 1. The van der Waals surface area contributed by atoms with Gasteiger partial charge in [0.25, 0.3) is 0 Å². The standard InChI is InChI=1S/C5H9BrN2O2S/c6-8(11(9)10)5-3-1-2-4-7-5/h2,4-5,7,11H,1,3H2. The van der Waals surface area contributed by atoms with Crippen LogP contribution < -0.4 is 5.32 Å². The van der Waals surface area contributed by atoms with Crippen LogP contribution in [0.2, 0.25) is 0 Å². The van der Waals surface area contributed by atoms with E-state index in [0.717, 1.165) is 16.2 Å². The van der Waals surface area contributed by atoms with Crippen LogP contribution in [-0.4, -0.2) is 17.9 Å². The zero-order valence-corrected chi connectivity index (χ0v) is 8.22. The maximum absolute atomic E-state index is 10.5. The lowest BCUT2D eigenvalue weighted by Gasteiger charge is -2.23. The van der Waals surface area contributed by atoms with Crippen molar-refractivity contribution >= 4 is 27.0 Å². The lowest BCUT2D eigenvalue weighted by atomic mass is 10.2. The quantitative estimate of drug-likeness (QED) is 0.541. The van der Waals surface area contributed by atoms with E-state index < -0.39 is 10.9 Å². The molecule has 0 spiro atoms. The van der Waals surface area contributed by atoms with Gasteiger partial charge in [-0.15, -0.1) is 3.33 Å². The Kier molecular flexibility index (Phi) is 3.35. The number of nitrogens with one attached hydrogen (secondary N) is 1. The van der Waals surface area contributed by atoms with Crippen LogP contribution in [0.15, 0.2) is 12.3 Å². The zero-order chi connectivity index (χ0) is 8.27. The van der Waals surface area contributed by atoms with Gasteiger partial charge in [0.2, 0.25) is 10.9 Å². The van der Waals surface area contributed by atoms with Gasteiger partial charge in [-0.2, -0.15) is 0 Å². The average molecular weight is 241 g/mol. The number of rotatable bonds is 2. The first-order valence-corrected chi connectivity index (χ1v) is 5.06. The van der Waals surface area contributed by atoms with Gasteiger partial charge in [-0.1, -0.05) is 6.08 Å². The summed E-state index contributed by atoms with van der Waals surface area (Å²) in [5.74, 6) is 0. The SMILES string of the molecule is O=[SH](=O)N(Br)C1CCC=CN1. The Morgan fingerprint density at radius 3 is 2.82 bits per heavy atom. The fraction of sp³-hybridized carbons (Fsp3) is 0.600. The first-order chi connectivity index (χ1) is 5.22. The summed E-state index contributed by atoms with van der Waals surface area (Å²) in [7, 11) is -2.53. The number of hydrogen-bond donors (Lipinski definition) is 2. The van der Waals surface area contributed by atoms with Gasteiger partial charge in [0.05, 0.1) is 0 Å². The van der Waals surface area contributed by atoms with Crippen LogP contribution in [0.1, 0.15) is 12.8 Å². The van der Waals surface area contributed by atoms with Gasteiger partial charge >= 0.3 is 0 Å². The Balaban J connectivity index is 2.53. The van der Waals surface area contributed by atoms with Gasteiger partial charge in [-0.05, 0) is 19.0 Å². The monoisotopic (exact) mass is 240 g/mol. The maximum Gasteiger partial charge on any atom is 0.215 e. The molecule has 6 heteroatoms. The van der Waals surface area contributed by atoms with Crippen molar-refractivity contribution in [1.82, 2.24) is 8.65 Å². The summed E-state index contributed by atoms with van der Waals surface area (Å²) in [6.45, 7) is 0. The van der Waals surface area contributed by atoms with Crippen LogP contribution >= 0.6 is 16.1 Å². The van der Waals surface area contributed by atoms with Gasteiger partial charge in [-0.3, -0.25) is 0 Å². The fourth-order valence-electron chi connectivity index (χ4n) is 0.882. The number of nitrogens with zero attached hydrogens (tertiary/aromatic N) is 1. The Hall–Kier alpha value is -0.0700. The van der Waals surface area contributed by atoms with Crippen LogP contribution in [0, 0.1) is 0 Å². The van der Waals surface area contributed by atoms with Crippen LogP contribution in [0.25, 0.3) is 0 Å². The minimum atomic E-state index is -2.53. The molecular weight excluding hydrogens is 232 g/mol. The van der Waals surface area contributed by atoms with Gasteiger partial charge in [-0.25, -0.2) is 8.42 Å². The van der Waals surface area contributed by atoms with E-state index in [0.29, 0.717) is 0 Å². The number of allylic oxidation sites excluding steroid dienone is 1. The van der Waals surface area contributed by atoms with E-state index in [1.807, 2.05) is 6.08 Å². The van der Waals surface area contributed by atoms with Crippen molar-refractivity contribution in [3.8, 4) is 0 Å². The van der Waals surface area contributed by atoms with Crippen molar-refractivity contribution in [3.63, 3.8) is 0 Å². The molecule has 0 amide bonds.